The smallest absolute Gasteiger partial charge is 0.227 e. The highest BCUT2D eigenvalue weighted by atomic mass is 16.5. The van der Waals surface area contributed by atoms with Crippen LogP contribution < -0.4 is 19.7 Å². The predicted octanol–water partition coefficient (Wildman–Crippen LogP) is 1.21. The number of hydrogen-bond acceptors (Lipinski definition) is 5. The number of nitrogens with zero attached hydrogens (tertiary/aromatic N) is 1. The zero-order valence-electron chi connectivity index (χ0n) is 14.5. The van der Waals surface area contributed by atoms with E-state index in [0.29, 0.717) is 30.3 Å². The summed E-state index contributed by atoms with van der Waals surface area (Å²) < 4.78 is 15.5. The Kier molecular flexibility index (Phi) is 6.03. The maximum atomic E-state index is 12.4. The zero-order chi connectivity index (χ0) is 17.7. The van der Waals surface area contributed by atoms with Crippen LogP contribution in [0.15, 0.2) is 18.2 Å². The first kappa shape index (κ1) is 18.1. The van der Waals surface area contributed by atoms with Crippen LogP contribution in [0.3, 0.4) is 0 Å². The van der Waals surface area contributed by atoms with Crippen molar-refractivity contribution in [2.24, 2.45) is 5.92 Å². The first-order valence-corrected chi connectivity index (χ1v) is 7.81. The topological polar surface area (TPSA) is 77.1 Å². The molecule has 7 nitrogen and oxygen atoms in total. The summed E-state index contributed by atoms with van der Waals surface area (Å²) in [4.78, 5) is 26.3. The van der Waals surface area contributed by atoms with Crippen LogP contribution in [0.25, 0.3) is 0 Å². The molecule has 0 bridgehead atoms. The van der Waals surface area contributed by atoms with Gasteiger partial charge in [-0.3, -0.25) is 9.59 Å². The van der Waals surface area contributed by atoms with Crippen LogP contribution in [-0.2, 0) is 14.3 Å². The molecule has 0 aliphatic carbocycles. The number of methoxy groups -OCH3 is 3. The molecule has 0 aromatic heterocycles. The van der Waals surface area contributed by atoms with Crippen LogP contribution in [0.5, 0.6) is 11.5 Å². The highest BCUT2D eigenvalue weighted by molar-refractivity contribution is 6.01. The zero-order valence-corrected chi connectivity index (χ0v) is 14.5. The molecule has 0 saturated carbocycles. The molecule has 2 rings (SSSR count). The molecule has 1 aromatic rings. The molecule has 132 valence electrons. The molecule has 1 N–H and O–H groups in total. The Balaban J connectivity index is 2.11. The van der Waals surface area contributed by atoms with Gasteiger partial charge in [0.25, 0.3) is 0 Å². The van der Waals surface area contributed by atoms with E-state index in [0.717, 1.165) is 0 Å². The van der Waals surface area contributed by atoms with Gasteiger partial charge in [-0.05, 0) is 19.1 Å². The second-order valence-corrected chi connectivity index (χ2v) is 5.81. The molecular weight excluding hydrogens is 312 g/mol. The second kappa shape index (κ2) is 8.01. The summed E-state index contributed by atoms with van der Waals surface area (Å²) >= 11 is 0. The fourth-order valence-electron chi connectivity index (χ4n) is 2.78. The minimum atomic E-state index is -0.386. The third-order valence-corrected chi connectivity index (χ3v) is 3.98. The van der Waals surface area contributed by atoms with Crippen molar-refractivity contribution in [1.29, 1.82) is 0 Å². The summed E-state index contributed by atoms with van der Waals surface area (Å²) in [5, 5.41) is 2.87. The summed E-state index contributed by atoms with van der Waals surface area (Å²) in [7, 11) is 4.69. The molecule has 0 unspecified atom stereocenters. The molecule has 2 atom stereocenters. The number of nitrogens with one attached hydrogen (secondary N) is 1. The van der Waals surface area contributed by atoms with E-state index in [-0.39, 0.29) is 30.2 Å². The van der Waals surface area contributed by atoms with Gasteiger partial charge in [0.15, 0.2) is 0 Å². The van der Waals surface area contributed by atoms with Crippen LogP contribution in [0.2, 0.25) is 0 Å². The number of carbonyl (C=O) groups is 2. The lowest BCUT2D eigenvalue weighted by Gasteiger charge is -2.20. The first-order valence-electron chi connectivity index (χ1n) is 7.81. The normalized spacial score (nSPS) is 18.4. The molecule has 7 heteroatoms. The Morgan fingerprint density at radius 3 is 2.71 bits per heavy atom. The van der Waals surface area contributed by atoms with Gasteiger partial charge in [-0.1, -0.05) is 0 Å². The van der Waals surface area contributed by atoms with Crippen LogP contribution in [0.4, 0.5) is 5.69 Å². The van der Waals surface area contributed by atoms with Crippen molar-refractivity contribution in [2.75, 3.05) is 39.4 Å². The van der Waals surface area contributed by atoms with E-state index in [1.807, 2.05) is 6.92 Å². The summed E-state index contributed by atoms with van der Waals surface area (Å²) in [5.74, 6) is 0.561. The monoisotopic (exact) mass is 336 g/mol. The summed E-state index contributed by atoms with van der Waals surface area (Å²) in [5.41, 5.74) is 0.642. The van der Waals surface area contributed by atoms with E-state index >= 15 is 0 Å². The van der Waals surface area contributed by atoms with Gasteiger partial charge in [0.2, 0.25) is 11.8 Å². The van der Waals surface area contributed by atoms with Gasteiger partial charge >= 0.3 is 0 Å². The Morgan fingerprint density at radius 1 is 1.33 bits per heavy atom. The van der Waals surface area contributed by atoms with Crippen molar-refractivity contribution < 1.29 is 23.8 Å². The Morgan fingerprint density at radius 2 is 2.08 bits per heavy atom. The molecule has 1 aliphatic heterocycles. The van der Waals surface area contributed by atoms with Gasteiger partial charge in [-0.15, -0.1) is 0 Å². The van der Waals surface area contributed by atoms with Gasteiger partial charge in [-0.2, -0.15) is 0 Å². The predicted molar refractivity (Wildman–Crippen MR) is 89.5 cm³/mol. The number of hydrogen-bond donors (Lipinski definition) is 1. The van der Waals surface area contributed by atoms with E-state index in [1.54, 1.807) is 37.3 Å². The second-order valence-electron chi connectivity index (χ2n) is 5.81. The minimum absolute atomic E-state index is 0.0952. The summed E-state index contributed by atoms with van der Waals surface area (Å²) in [6.07, 6.45) is 0.181. The maximum absolute atomic E-state index is 12.4. The third-order valence-electron chi connectivity index (χ3n) is 3.98. The van der Waals surface area contributed by atoms with Crippen molar-refractivity contribution in [3.63, 3.8) is 0 Å². The number of anilines is 1. The number of amides is 2. The van der Waals surface area contributed by atoms with E-state index in [9.17, 15) is 9.59 Å². The van der Waals surface area contributed by atoms with Crippen molar-refractivity contribution in [2.45, 2.75) is 19.4 Å². The molecule has 2 amide bonds. The Hall–Kier alpha value is -2.28. The van der Waals surface area contributed by atoms with Gasteiger partial charge in [0.1, 0.15) is 11.5 Å². The quantitative estimate of drug-likeness (QED) is 0.810. The fourth-order valence-corrected chi connectivity index (χ4v) is 2.78. The summed E-state index contributed by atoms with van der Waals surface area (Å²) in [6, 6.07) is 5.15. The lowest BCUT2D eigenvalue weighted by molar-refractivity contribution is -0.127. The van der Waals surface area contributed by atoms with Crippen molar-refractivity contribution in [1.82, 2.24) is 5.32 Å². The molecule has 1 saturated heterocycles. The van der Waals surface area contributed by atoms with Gasteiger partial charge < -0.3 is 24.4 Å². The molecule has 0 spiro atoms. The number of ether oxygens (including phenoxy) is 3. The molecule has 0 radical (unpaired) electrons. The van der Waals surface area contributed by atoms with E-state index in [2.05, 4.69) is 5.32 Å². The van der Waals surface area contributed by atoms with Crippen molar-refractivity contribution >= 4 is 17.5 Å². The average Bonchev–Trinajstić information content (AvgIpc) is 2.96. The Bertz CT molecular complexity index is 605. The standard InChI is InChI=1S/C17H24N2O5/c1-11(10-22-2)18-17(21)12-7-16(20)19(9-12)14-6-5-13(23-3)8-15(14)24-4/h5-6,8,11-12H,7,9-10H2,1-4H3,(H,18,21)/t11-,12+/m0/s1. The minimum Gasteiger partial charge on any atom is -0.497 e. The fraction of sp³-hybridized carbons (Fsp3) is 0.529. The summed E-state index contributed by atoms with van der Waals surface area (Å²) in [6.45, 7) is 2.62. The third kappa shape index (κ3) is 3.97. The van der Waals surface area contributed by atoms with Gasteiger partial charge in [-0.25, -0.2) is 0 Å². The SMILES string of the molecule is COC[C@H](C)NC(=O)[C@@H]1CC(=O)N(c2ccc(OC)cc2OC)C1. The molecule has 24 heavy (non-hydrogen) atoms. The average molecular weight is 336 g/mol. The lowest BCUT2D eigenvalue weighted by Crippen LogP contribution is -2.40. The number of carbonyl (C=O) groups excluding carboxylic acids is 2. The lowest BCUT2D eigenvalue weighted by atomic mass is 10.1. The van der Waals surface area contributed by atoms with Crippen LogP contribution in [-0.4, -0.2) is 52.3 Å². The molecule has 1 heterocycles. The molecule has 1 aromatic carbocycles. The van der Waals surface area contributed by atoms with Crippen molar-refractivity contribution in [3.8, 4) is 11.5 Å². The highest BCUT2D eigenvalue weighted by Gasteiger charge is 2.36. The van der Waals surface area contributed by atoms with Gasteiger partial charge in [0, 0.05) is 32.2 Å². The van der Waals surface area contributed by atoms with Crippen LogP contribution >= 0.6 is 0 Å². The van der Waals surface area contributed by atoms with E-state index in [4.69, 9.17) is 14.2 Å². The largest absolute Gasteiger partial charge is 0.497 e. The Labute approximate surface area is 141 Å². The molecule has 1 fully saturated rings. The van der Waals surface area contributed by atoms with Crippen LogP contribution in [0.1, 0.15) is 13.3 Å². The maximum Gasteiger partial charge on any atom is 0.227 e. The van der Waals surface area contributed by atoms with Gasteiger partial charge in [0.05, 0.1) is 32.4 Å². The highest BCUT2D eigenvalue weighted by Crippen LogP contribution is 2.35. The molecule has 1 aliphatic rings. The van der Waals surface area contributed by atoms with E-state index in [1.165, 1.54) is 7.11 Å². The van der Waals surface area contributed by atoms with Crippen LogP contribution in [0, 0.1) is 5.92 Å². The number of rotatable bonds is 7. The first-order chi connectivity index (χ1) is 11.5. The van der Waals surface area contributed by atoms with Crippen molar-refractivity contribution in [3.05, 3.63) is 18.2 Å². The van der Waals surface area contributed by atoms with E-state index < -0.39 is 0 Å². The number of benzene rings is 1. The molecular formula is C17H24N2O5.